The number of ether oxygens (including phenoxy) is 4. The molecule has 118 valence electrons. The van der Waals surface area contributed by atoms with E-state index in [4.69, 9.17) is 18.9 Å². The summed E-state index contributed by atoms with van der Waals surface area (Å²) in [6.07, 6.45) is -0.787. The number of hydrogen-bond donors (Lipinski definition) is 1. The van der Waals surface area contributed by atoms with E-state index in [0.29, 0.717) is 28.6 Å². The van der Waals surface area contributed by atoms with Crippen LogP contribution in [0.5, 0.6) is 23.0 Å². The van der Waals surface area contributed by atoms with E-state index in [1.165, 1.54) is 0 Å². The highest BCUT2D eigenvalue weighted by atomic mass is 16.5. The number of methoxy groups -OCH3 is 3. The molecule has 0 aliphatic carbocycles. The molecule has 1 N–H and O–H groups in total. The van der Waals surface area contributed by atoms with Crippen molar-refractivity contribution >= 4 is 0 Å². The number of rotatable bonds is 7. The second-order valence-electron chi connectivity index (χ2n) is 4.59. The van der Waals surface area contributed by atoms with Crippen molar-refractivity contribution in [3.8, 4) is 23.0 Å². The first-order valence-corrected chi connectivity index (χ1v) is 6.85. The van der Waals surface area contributed by atoms with Crippen LogP contribution in [0.2, 0.25) is 0 Å². The lowest BCUT2D eigenvalue weighted by Crippen LogP contribution is -2.10. The zero-order valence-corrected chi connectivity index (χ0v) is 12.9. The van der Waals surface area contributed by atoms with Gasteiger partial charge in [0.25, 0.3) is 0 Å². The zero-order chi connectivity index (χ0) is 15.9. The van der Waals surface area contributed by atoms with Gasteiger partial charge in [0.2, 0.25) is 0 Å². The van der Waals surface area contributed by atoms with E-state index in [-0.39, 0.29) is 6.61 Å². The SMILES string of the molecule is COc1ccc([C@@H](O)COc2ccccc2OC)cc1OC. The summed E-state index contributed by atoms with van der Waals surface area (Å²) in [6.45, 7) is 0.107. The Balaban J connectivity index is 2.07. The maximum Gasteiger partial charge on any atom is 0.161 e. The van der Waals surface area contributed by atoms with Crippen LogP contribution in [0.15, 0.2) is 42.5 Å². The smallest absolute Gasteiger partial charge is 0.161 e. The van der Waals surface area contributed by atoms with Crippen molar-refractivity contribution in [3.63, 3.8) is 0 Å². The lowest BCUT2D eigenvalue weighted by atomic mass is 10.1. The van der Waals surface area contributed by atoms with E-state index >= 15 is 0 Å². The van der Waals surface area contributed by atoms with E-state index in [1.807, 2.05) is 12.1 Å². The highest BCUT2D eigenvalue weighted by Gasteiger charge is 2.13. The average Bonchev–Trinajstić information content (AvgIpc) is 2.59. The summed E-state index contributed by atoms with van der Waals surface area (Å²) in [5.41, 5.74) is 0.688. The summed E-state index contributed by atoms with van der Waals surface area (Å²) >= 11 is 0. The molecule has 22 heavy (non-hydrogen) atoms. The van der Waals surface area contributed by atoms with E-state index in [9.17, 15) is 5.11 Å². The molecule has 2 rings (SSSR count). The van der Waals surface area contributed by atoms with Gasteiger partial charge in [-0.25, -0.2) is 0 Å². The number of aliphatic hydroxyl groups excluding tert-OH is 1. The Kier molecular flexibility index (Phi) is 5.49. The van der Waals surface area contributed by atoms with Gasteiger partial charge in [-0.05, 0) is 29.8 Å². The lowest BCUT2D eigenvalue weighted by molar-refractivity contribution is 0.106. The minimum atomic E-state index is -0.787. The molecule has 0 aliphatic rings. The fraction of sp³-hybridized carbons (Fsp3) is 0.294. The average molecular weight is 304 g/mol. The Morgan fingerprint density at radius 1 is 0.818 bits per heavy atom. The first kappa shape index (κ1) is 16.0. The molecule has 0 heterocycles. The maximum absolute atomic E-state index is 10.3. The first-order valence-electron chi connectivity index (χ1n) is 6.85. The van der Waals surface area contributed by atoms with Gasteiger partial charge in [-0.2, -0.15) is 0 Å². The van der Waals surface area contributed by atoms with Crippen LogP contribution in [0.1, 0.15) is 11.7 Å². The Morgan fingerprint density at radius 3 is 2.05 bits per heavy atom. The van der Waals surface area contributed by atoms with E-state index in [1.54, 1.807) is 51.7 Å². The molecule has 0 unspecified atom stereocenters. The molecule has 0 fully saturated rings. The van der Waals surface area contributed by atoms with Crippen molar-refractivity contribution in [3.05, 3.63) is 48.0 Å². The first-order chi connectivity index (χ1) is 10.7. The number of hydrogen-bond acceptors (Lipinski definition) is 5. The summed E-state index contributed by atoms with van der Waals surface area (Å²) in [5, 5.41) is 10.3. The van der Waals surface area contributed by atoms with Crippen LogP contribution >= 0.6 is 0 Å². The van der Waals surface area contributed by atoms with Crippen molar-refractivity contribution in [2.45, 2.75) is 6.10 Å². The predicted molar refractivity (Wildman–Crippen MR) is 83.0 cm³/mol. The van der Waals surface area contributed by atoms with E-state index in [2.05, 4.69) is 0 Å². The summed E-state index contributed by atoms with van der Waals surface area (Å²) in [5.74, 6) is 2.40. The van der Waals surface area contributed by atoms with Gasteiger partial charge in [0.1, 0.15) is 12.7 Å². The molecule has 5 heteroatoms. The standard InChI is InChI=1S/C17H20O5/c1-19-14-6-4-5-7-16(14)22-11-13(18)12-8-9-15(20-2)17(10-12)21-3/h4-10,13,18H,11H2,1-3H3/t13-/m0/s1. The highest BCUT2D eigenvalue weighted by Crippen LogP contribution is 2.31. The molecule has 1 atom stereocenters. The topological polar surface area (TPSA) is 57.2 Å². The molecule has 0 bridgehead atoms. The summed E-state index contributed by atoms with van der Waals surface area (Å²) in [7, 11) is 4.70. The third-order valence-electron chi connectivity index (χ3n) is 3.26. The fourth-order valence-corrected chi connectivity index (χ4v) is 2.06. The number of aliphatic hydroxyl groups is 1. The largest absolute Gasteiger partial charge is 0.493 e. The molecule has 5 nitrogen and oxygen atoms in total. The molecule has 0 spiro atoms. The Labute approximate surface area is 130 Å². The lowest BCUT2D eigenvalue weighted by Gasteiger charge is -2.16. The Bertz CT molecular complexity index is 612. The van der Waals surface area contributed by atoms with Gasteiger partial charge in [0.15, 0.2) is 23.0 Å². The number of para-hydroxylation sites is 2. The van der Waals surface area contributed by atoms with Crippen molar-refractivity contribution < 1.29 is 24.1 Å². The molecule has 0 saturated heterocycles. The molecule has 0 amide bonds. The van der Waals surface area contributed by atoms with Crippen LogP contribution in [0.4, 0.5) is 0 Å². The van der Waals surface area contributed by atoms with Crippen molar-refractivity contribution in [1.82, 2.24) is 0 Å². The second-order valence-corrected chi connectivity index (χ2v) is 4.59. The summed E-state index contributed by atoms with van der Waals surface area (Å²) in [4.78, 5) is 0. The molecule has 0 saturated carbocycles. The van der Waals surface area contributed by atoms with Gasteiger partial charge in [-0.1, -0.05) is 18.2 Å². The highest BCUT2D eigenvalue weighted by molar-refractivity contribution is 5.44. The minimum Gasteiger partial charge on any atom is -0.493 e. The minimum absolute atomic E-state index is 0.107. The summed E-state index contributed by atoms with van der Waals surface area (Å²) in [6, 6.07) is 12.6. The normalized spacial score (nSPS) is 11.6. The van der Waals surface area contributed by atoms with Crippen LogP contribution in [-0.4, -0.2) is 33.0 Å². The molecular weight excluding hydrogens is 284 g/mol. The molecule has 2 aromatic carbocycles. The molecule has 0 aliphatic heterocycles. The zero-order valence-electron chi connectivity index (χ0n) is 12.9. The van der Waals surface area contributed by atoms with Gasteiger partial charge in [0, 0.05) is 0 Å². The second kappa shape index (κ2) is 7.56. The quantitative estimate of drug-likeness (QED) is 0.852. The predicted octanol–water partition coefficient (Wildman–Crippen LogP) is 2.82. The van der Waals surface area contributed by atoms with Gasteiger partial charge < -0.3 is 24.1 Å². The molecule has 0 aromatic heterocycles. The van der Waals surface area contributed by atoms with Crippen LogP contribution in [0.3, 0.4) is 0 Å². The van der Waals surface area contributed by atoms with Gasteiger partial charge in [-0.15, -0.1) is 0 Å². The van der Waals surface area contributed by atoms with Crippen molar-refractivity contribution in [2.75, 3.05) is 27.9 Å². The Morgan fingerprint density at radius 2 is 1.41 bits per heavy atom. The third-order valence-corrected chi connectivity index (χ3v) is 3.26. The van der Waals surface area contributed by atoms with Crippen molar-refractivity contribution in [1.29, 1.82) is 0 Å². The van der Waals surface area contributed by atoms with Crippen LogP contribution in [0.25, 0.3) is 0 Å². The van der Waals surface area contributed by atoms with Crippen LogP contribution in [0, 0.1) is 0 Å². The molecule has 0 radical (unpaired) electrons. The van der Waals surface area contributed by atoms with Gasteiger partial charge in [-0.3, -0.25) is 0 Å². The van der Waals surface area contributed by atoms with Gasteiger partial charge >= 0.3 is 0 Å². The maximum atomic E-state index is 10.3. The number of benzene rings is 2. The third kappa shape index (κ3) is 3.62. The van der Waals surface area contributed by atoms with Crippen molar-refractivity contribution in [2.24, 2.45) is 0 Å². The van der Waals surface area contributed by atoms with E-state index in [0.717, 1.165) is 0 Å². The fourth-order valence-electron chi connectivity index (χ4n) is 2.06. The van der Waals surface area contributed by atoms with E-state index < -0.39 is 6.10 Å². The summed E-state index contributed by atoms with van der Waals surface area (Å²) < 4.78 is 21.2. The van der Waals surface area contributed by atoms with Crippen LogP contribution < -0.4 is 18.9 Å². The van der Waals surface area contributed by atoms with Crippen LogP contribution in [-0.2, 0) is 0 Å². The molecular formula is C17H20O5. The molecule has 2 aromatic rings. The Hall–Kier alpha value is -2.40. The van der Waals surface area contributed by atoms with Gasteiger partial charge in [0.05, 0.1) is 21.3 Å². The monoisotopic (exact) mass is 304 g/mol.